The second-order valence-corrected chi connectivity index (χ2v) is 5.84. The Balaban J connectivity index is 1.88. The predicted molar refractivity (Wildman–Crippen MR) is 95.9 cm³/mol. The number of carboxylic acids is 1. The first-order valence-corrected chi connectivity index (χ1v) is 8.21. The molecule has 0 fully saturated rings. The first-order valence-electron chi connectivity index (χ1n) is 8.21. The largest absolute Gasteiger partial charge is 0.493 e. The van der Waals surface area contributed by atoms with Crippen molar-refractivity contribution in [2.45, 2.75) is 26.7 Å². The van der Waals surface area contributed by atoms with E-state index in [2.05, 4.69) is 6.07 Å². The zero-order chi connectivity index (χ0) is 18.2. The van der Waals surface area contributed by atoms with Crippen molar-refractivity contribution in [3.8, 4) is 17.2 Å². The lowest BCUT2D eigenvalue weighted by molar-refractivity contribution is -0.136. The van der Waals surface area contributed by atoms with Gasteiger partial charge in [-0.3, -0.25) is 4.79 Å². The maximum atomic E-state index is 10.7. The van der Waals surface area contributed by atoms with Gasteiger partial charge < -0.3 is 19.3 Å². The average molecular weight is 344 g/mol. The summed E-state index contributed by atoms with van der Waals surface area (Å²) in [5, 5.41) is 8.76. The molecule has 0 atom stereocenters. The molecule has 0 aliphatic rings. The number of rotatable bonds is 9. The van der Waals surface area contributed by atoms with Crippen LogP contribution in [-0.4, -0.2) is 31.4 Å². The van der Waals surface area contributed by atoms with Gasteiger partial charge in [-0.1, -0.05) is 23.8 Å². The number of carbonyl (C=O) groups is 1. The quantitative estimate of drug-likeness (QED) is 0.701. The van der Waals surface area contributed by atoms with Crippen molar-refractivity contribution >= 4 is 5.97 Å². The molecule has 134 valence electrons. The van der Waals surface area contributed by atoms with Crippen LogP contribution in [0.25, 0.3) is 0 Å². The smallest absolute Gasteiger partial charge is 0.303 e. The molecule has 0 saturated carbocycles. The molecule has 2 aromatic rings. The van der Waals surface area contributed by atoms with Gasteiger partial charge in [0.15, 0.2) is 11.5 Å². The van der Waals surface area contributed by atoms with Gasteiger partial charge in [0.1, 0.15) is 19.0 Å². The van der Waals surface area contributed by atoms with Crippen molar-refractivity contribution in [3.05, 3.63) is 53.1 Å². The van der Waals surface area contributed by atoms with Crippen molar-refractivity contribution < 1.29 is 24.1 Å². The Morgan fingerprint density at radius 2 is 1.64 bits per heavy atom. The van der Waals surface area contributed by atoms with Crippen molar-refractivity contribution in [3.63, 3.8) is 0 Å². The molecule has 0 saturated heterocycles. The predicted octanol–water partition coefficient (Wildman–Crippen LogP) is 3.79. The molecule has 0 bridgehead atoms. The fourth-order valence-corrected chi connectivity index (χ4v) is 2.50. The van der Waals surface area contributed by atoms with Crippen molar-refractivity contribution in [2.75, 3.05) is 20.3 Å². The van der Waals surface area contributed by atoms with E-state index in [1.807, 2.05) is 38.1 Å². The molecule has 0 heterocycles. The lowest BCUT2D eigenvalue weighted by atomic mass is 10.1. The molecule has 0 amide bonds. The summed E-state index contributed by atoms with van der Waals surface area (Å²) in [5.41, 5.74) is 3.20. The number of hydrogen-bond donors (Lipinski definition) is 1. The van der Waals surface area contributed by atoms with Crippen LogP contribution >= 0.6 is 0 Å². The van der Waals surface area contributed by atoms with Gasteiger partial charge in [-0.25, -0.2) is 0 Å². The van der Waals surface area contributed by atoms with Crippen LogP contribution in [0.4, 0.5) is 0 Å². The number of ether oxygens (including phenoxy) is 3. The molecule has 0 aromatic heterocycles. The molecule has 5 nitrogen and oxygen atoms in total. The van der Waals surface area contributed by atoms with Crippen molar-refractivity contribution in [2.24, 2.45) is 0 Å². The number of aliphatic carboxylic acids is 1. The van der Waals surface area contributed by atoms with E-state index >= 15 is 0 Å². The minimum atomic E-state index is -0.817. The van der Waals surface area contributed by atoms with Crippen LogP contribution in [0.5, 0.6) is 17.2 Å². The van der Waals surface area contributed by atoms with E-state index in [0.29, 0.717) is 31.1 Å². The SMILES string of the molecule is COc1cc(CCC(=O)O)ccc1OCCOc1ccc(C)cc1C. The van der Waals surface area contributed by atoms with Crippen molar-refractivity contribution in [1.29, 1.82) is 0 Å². The fourth-order valence-electron chi connectivity index (χ4n) is 2.50. The van der Waals surface area contributed by atoms with Crippen LogP contribution in [0.15, 0.2) is 36.4 Å². The monoisotopic (exact) mass is 344 g/mol. The molecule has 0 aliphatic carbocycles. The van der Waals surface area contributed by atoms with Crippen LogP contribution in [-0.2, 0) is 11.2 Å². The van der Waals surface area contributed by atoms with Gasteiger partial charge in [0, 0.05) is 6.42 Å². The minimum Gasteiger partial charge on any atom is -0.493 e. The van der Waals surface area contributed by atoms with Crippen LogP contribution in [0.2, 0.25) is 0 Å². The standard InChI is InChI=1S/C20H24O5/c1-14-4-7-17(15(2)12-14)24-10-11-25-18-8-5-16(6-9-20(21)22)13-19(18)23-3/h4-5,7-8,12-13H,6,9-11H2,1-3H3,(H,21,22). The van der Waals surface area contributed by atoms with Crippen LogP contribution in [0, 0.1) is 13.8 Å². The number of methoxy groups -OCH3 is 1. The minimum absolute atomic E-state index is 0.0904. The van der Waals surface area contributed by atoms with Crippen LogP contribution < -0.4 is 14.2 Å². The normalized spacial score (nSPS) is 10.4. The third-order valence-electron chi connectivity index (χ3n) is 3.78. The second kappa shape index (κ2) is 8.97. The summed E-state index contributed by atoms with van der Waals surface area (Å²) in [6.45, 7) is 4.88. The first kappa shape index (κ1) is 18.6. The Morgan fingerprint density at radius 3 is 2.28 bits per heavy atom. The number of carboxylic acid groups (broad SMARTS) is 1. The van der Waals surface area contributed by atoms with Gasteiger partial charge in [0.2, 0.25) is 0 Å². The van der Waals surface area contributed by atoms with Crippen molar-refractivity contribution in [1.82, 2.24) is 0 Å². The summed E-state index contributed by atoms with van der Waals surface area (Å²) < 4.78 is 16.8. The number of aryl methyl sites for hydroxylation is 3. The highest BCUT2D eigenvalue weighted by atomic mass is 16.5. The molecule has 0 radical (unpaired) electrons. The molecule has 5 heteroatoms. The molecular formula is C20H24O5. The average Bonchev–Trinajstić information content (AvgIpc) is 2.58. The topological polar surface area (TPSA) is 65.0 Å². The highest BCUT2D eigenvalue weighted by Crippen LogP contribution is 2.28. The number of hydrogen-bond acceptors (Lipinski definition) is 4. The van der Waals surface area contributed by atoms with E-state index in [0.717, 1.165) is 16.9 Å². The van der Waals surface area contributed by atoms with E-state index in [1.165, 1.54) is 5.56 Å². The maximum Gasteiger partial charge on any atom is 0.303 e. The zero-order valence-corrected chi connectivity index (χ0v) is 14.9. The molecule has 2 rings (SSSR count). The Morgan fingerprint density at radius 1 is 0.960 bits per heavy atom. The molecule has 0 spiro atoms. The van der Waals surface area contributed by atoms with Gasteiger partial charge >= 0.3 is 5.97 Å². The Hall–Kier alpha value is -2.69. The molecule has 0 unspecified atom stereocenters. The first-order chi connectivity index (χ1) is 12.0. The molecule has 25 heavy (non-hydrogen) atoms. The maximum absolute atomic E-state index is 10.7. The highest BCUT2D eigenvalue weighted by molar-refractivity contribution is 5.67. The number of benzene rings is 2. The highest BCUT2D eigenvalue weighted by Gasteiger charge is 2.08. The van der Waals surface area contributed by atoms with E-state index in [1.54, 1.807) is 13.2 Å². The summed E-state index contributed by atoms with van der Waals surface area (Å²) >= 11 is 0. The van der Waals surface area contributed by atoms with Gasteiger partial charge in [-0.05, 0) is 49.6 Å². The van der Waals surface area contributed by atoms with E-state index in [4.69, 9.17) is 19.3 Å². The zero-order valence-electron chi connectivity index (χ0n) is 14.9. The Bertz CT molecular complexity index is 724. The van der Waals surface area contributed by atoms with Gasteiger partial charge in [-0.15, -0.1) is 0 Å². The fraction of sp³-hybridized carbons (Fsp3) is 0.350. The summed E-state index contributed by atoms with van der Waals surface area (Å²) in [6, 6.07) is 11.5. The lowest BCUT2D eigenvalue weighted by Gasteiger charge is -2.13. The summed E-state index contributed by atoms with van der Waals surface area (Å²) in [4.78, 5) is 10.7. The molecular weight excluding hydrogens is 320 g/mol. The van der Waals surface area contributed by atoms with Gasteiger partial charge in [-0.2, -0.15) is 0 Å². The summed E-state index contributed by atoms with van der Waals surface area (Å²) in [6.07, 6.45) is 0.550. The summed E-state index contributed by atoms with van der Waals surface area (Å²) in [7, 11) is 1.56. The summed E-state index contributed by atoms with van der Waals surface area (Å²) in [5.74, 6) is 1.24. The Kier molecular flexibility index (Phi) is 6.69. The molecule has 0 aliphatic heterocycles. The third kappa shape index (κ3) is 5.71. The van der Waals surface area contributed by atoms with Crippen LogP contribution in [0.3, 0.4) is 0 Å². The van der Waals surface area contributed by atoms with Gasteiger partial charge in [0.05, 0.1) is 7.11 Å². The second-order valence-electron chi connectivity index (χ2n) is 5.84. The Labute approximate surface area is 148 Å². The van der Waals surface area contributed by atoms with E-state index in [9.17, 15) is 4.79 Å². The molecule has 1 N–H and O–H groups in total. The van der Waals surface area contributed by atoms with Crippen LogP contribution in [0.1, 0.15) is 23.1 Å². The third-order valence-corrected chi connectivity index (χ3v) is 3.78. The van der Waals surface area contributed by atoms with E-state index in [-0.39, 0.29) is 6.42 Å². The lowest BCUT2D eigenvalue weighted by Crippen LogP contribution is -2.10. The van der Waals surface area contributed by atoms with Gasteiger partial charge in [0.25, 0.3) is 0 Å². The van der Waals surface area contributed by atoms with E-state index < -0.39 is 5.97 Å². The molecule has 2 aromatic carbocycles.